The van der Waals surface area contributed by atoms with Gasteiger partial charge in [0.2, 0.25) is 0 Å². The van der Waals surface area contributed by atoms with Crippen molar-refractivity contribution in [1.82, 2.24) is 14.7 Å². The second-order valence-electron chi connectivity index (χ2n) is 6.33. The van der Waals surface area contributed by atoms with Gasteiger partial charge < -0.3 is 14.7 Å². The molecule has 2 aliphatic rings. The summed E-state index contributed by atoms with van der Waals surface area (Å²) in [5.41, 5.74) is 2.09. The van der Waals surface area contributed by atoms with Crippen molar-refractivity contribution in [2.24, 2.45) is 0 Å². The fraction of sp³-hybridized carbons (Fsp3) is 0.412. The molecule has 0 atom stereocenters. The summed E-state index contributed by atoms with van der Waals surface area (Å²) >= 11 is 0. The molecule has 9 heteroatoms. The van der Waals surface area contributed by atoms with Crippen molar-refractivity contribution in [1.29, 1.82) is 0 Å². The molecule has 1 amide bonds. The number of aromatic nitrogens is 2. The van der Waals surface area contributed by atoms with E-state index in [9.17, 15) is 19.0 Å². The standard InChI is InChI=1S/C17H21N3O5S/c21-8-5-20-16-12-3-1-2-4-14(12)26(23,24)11-13(16)15(18-20)17(22)19-6-9-25-10-7-19/h1-4,21,23-24H,5-11H2. The number of benzene rings is 1. The summed E-state index contributed by atoms with van der Waals surface area (Å²) in [4.78, 5) is 15.1. The van der Waals surface area contributed by atoms with Crippen LogP contribution < -0.4 is 0 Å². The number of aliphatic hydroxyl groups excluding tert-OH is 1. The van der Waals surface area contributed by atoms with Gasteiger partial charge in [0.15, 0.2) is 5.69 Å². The van der Waals surface area contributed by atoms with Crippen LogP contribution in [0.1, 0.15) is 16.1 Å². The maximum atomic E-state index is 13.0. The van der Waals surface area contributed by atoms with Gasteiger partial charge >= 0.3 is 0 Å². The van der Waals surface area contributed by atoms with Gasteiger partial charge in [0.05, 0.1) is 42.7 Å². The molecule has 1 saturated heterocycles. The number of nitrogens with zero attached hydrogens (tertiary/aromatic N) is 3. The van der Waals surface area contributed by atoms with Gasteiger partial charge in [-0.1, -0.05) is 18.2 Å². The van der Waals surface area contributed by atoms with Gasteiger partial charge in [-0.15, -0.1) is 0 Å². The smallest absolute Gasteiger partial charge is 0.274 e. The first-order valence-electron chi connectivity index (χ1n) is 8.46. The molecule has 1 fully saturated rings. The maximum Gasteiger partial charge on any atom is 0.274 e. The van der Waals surface area contributed by atoms with E-state index in [-0.39, 0.29) is 30.5 Å². The Kier molecular flexibility index (Phi) is 4.49. The molecule has 0 unspecified atom stereocenters. The van der Waals surface area contributed by atoms with E-state index >= 15 is 0 Å². The summed E-state index contributed by atoms with van der Waals surface area (Å²) < 4.78 is 28.2. The van der Waals surface area contributed by atoms with Crippen LogP contribution in [0.3, 0.4) is 0 Å². The lowest BCUT2D eigenvalue weighted by atomic mass is 10.1. The number of carbonyl (C=O) groups excluding carboxylic acids is 1. The molecule has 0 bridgehead atoms. The van der Waals surface area contributed by atoms with E-state index in [4.69, 9.17) is 4.74 Å². The highest BCUT2D eigenvalue weighted by Gasteiger charge is 2.36. The number of aliphatic hydroxyl groups is 1. The highest BCUT2D eigenvalue weighted by molar-refractivity contribution is 8.23. The highest BCUT2D eigenvalue weighted by Crippen LogP contribution is 2.59. The molecule has 3 heterocycles. The molecule has 8 nitrogen and oxygen atoms in total. The highest BCUT2D eigenvalue weighted by atomic mass is 32.3. The third-order valence-corrected chi connectivity index (χ3v) is 6.45. The van der Waals surface area contributed by atoms with Crippen LogP contribution in [0.15, 0.2) is 29.2 Å². The predicted molar refractivity (Wildman–Crippen MR) is 96.3 cm³/mol. The molecule has 0 spiro atoms. The number of fused-ring (bicyclic) bond motifs is 3. The summed E-state index contributed by atoms with van der Waals surface area (Å²) in [5, 5.41) is 13.8. The maximum absolute atomic E-state index is 13.0. The van der Waals surface area contributed by atoms with Crippen LogP contribution >= 0.6 is 10.6 Å². The SMILES string of the molecule is O=C(c1nn(CCO)c2c1CS(O)(O)c1ccccc1-2)N1CCOCC1. The van der Waals surface area contributed by atoms with Crippen molar-refractivity contribution < 1.29 is 23.7 Å². The number of hydrogen-bond acceptors (Lipinski definition) is 6. The zero-order valence-electron chi connectivity index (χ0n) is 14.2. The summed E-state index contributed by atoms with van der Waals surface area (Å²) in [6.45, 7) is 2.01. The molecular formula is C17H21N3O5S. The van der Waals surface area contributed by atoms with E-state index in [0.29, 0.717) is 48.0 Å². The van der Waals surface area contributed by atoms with Crippen LogP contribution in [0.25, 0.3) is 11.3 Å². The molecule has 0 aliphatic carbocycles. The van der Waals surface area contributed by atoms with Crippen molar-refractivity contribution in [2.75, 3.05) is 32.9 Å². The Labute approximate surface area is 152 Å². The fourth-order valence-electron chi connectivity index (χ4n) is 3.51. The van der Waals surface area contributed by atoms with E-state index in [0.717, 1.165) is 0 Å². The Morgan fingerprint density at radius 3 is 2.69 bits per heavy atom. The molecule has 1 aromatic heterocycles. The second-order valence-corrected chi connectivity index (χ2v) is 8.40. The third-order valence-electron chi connectivity index (χ3n) is 4.70. The lowest BCUT2D eigenvalue weighted by Crippen LogP contribution is -2.41. The van der Waals surface area contributed by atoms with E-state index in [1.807, 2.05) is 6.07 Å². The Morgan fingerprint density at radius 2 is 1.96 bits per heavy atom. The van der Waals surface area contributed by atoms with Gasteiger partial charge in [-0.2, -0.15) is 15.7 Å². The van der Waals surface area contributed by atoms with Crippen LogP contribution in [-0.2, 0) is 17.0 Å². The van der Waals surface area contributed by atoms with Crippen molar-refractivity contribution in [2.45, 2.75) is 17.2 Å². The quantitative estimate of drug-likeness (QED) is 0.748. The minimum Gasteiger partial charge on any atom is -0.394 e. The number of morpholine rings is 1. The molecule has 1 aromatic carbocycles. The van der Waals surface area contributed by atoms with Crippen LogP contribution in [0.4, 0.5) is 0 Å². The molecule has 26 heavy (non-hydrogen) atoms. The van der Waals surface area contributed by atoms with Crippen LogP contribution in [-0.4, -0.2) is 67.7 Å². The number of hydrogen-bond donors (Lipinski definition) is 3. The molecule has 3 N–H and O–H groups in total. The number of carbonyl (C=O) groups is 1. The number of ether oxygens (including phenoxy) is 1. The van der Waals surface area contributed by atoms with Crippen LogP contribution in [0, 0.1) is 0 Å². The summed E-state index contributed by atoms with van der Waals surface area (Å²) in [6, 6.07) is 7.04. The molecule has 0 saturated carbocycles. The Morgan fingerprint density at radius 1 is 1.23 bits per heavy atom. The monoisotopic (exact) mass is 379 g/mol. The van der Waals surface area contributed by atoms with Crippen molar-refractivity contribution in [3.05, 3.63) is 35.5 Å². The molecule has 2 aliphatic heterocycles. The van der Waals surface area contributed by atoms with Gasteiger partial charge in [0.25, 0.3) is 5.91 Å². The average Bonchev–Trinajstić information content (AvgIpc) is 3.00. The average molecular weight is 379 g/mol. The zero-order chi connectivity index (χ0) is 18.3. The fourth-order valence-corrected chi connectivity index (χ4v) is 5.15. The van der Waals surface area contributed by atoms with E-state index in [1.165, 1.54) is 0 Å². The number of amides is 1. The molecular weight excluding hydrogens is 358 g/mol. The molecule has 4 rings (SSSR count). The van der Waals surface area contributed by atoms with Crippen molar-refractivity contribution in [3.8, 4) is 11.3 Å². The second kappa shape index (κ2) is 6.67. The largest absolute Gasteiger partial charge is 0.394 e. The third kappa shape index (κ3) is 2.81. The first-order valence-corrected chi connectivity index (χ1v) is 10.2. The van der Waals surface area contributed by atoms with Crippen LogP contribution in [0.2, 0.25) is 0 Å². The first kappa shape index (κ1) is 17.5. The van der Waals surface area contributed by atoms with Crippen LogP contribution in [0.5, 0.6) is 0 Å². The molecule has 0 radical (unpaired) electrons. The van der Waals surface area contributed by atoms with Crippen molar-refractivity contribution >= 4 is 16.5 Å². The van der Waals surface area contributed by atoms with Gasteiger partial charge in [0, 0.05) is 24.2 Å². The summed E-state index contributed by atoms with van der Waals surface area (Å²) in [7, 11) is -3.06. The minimum absolute atomic E-state index is 0.0454. The van der Waals surface area contributed by atoms with Gasteiger partial charge in [-0.3, -0.25) is 18.6 Å². The Bertz CT molecular complexity index is 845. The van der Waals surface area contributed by atoms with E-state index < -0.39 is 10.6 Å². The Hall–Kier alpha value is -1.91. The van der Waals surface area contributed by atoms with Crippen molar-refractivity contribution in [3.63, 3.8) is 0 Å². The Balaban J connectivity index is 1.86. The lowest BCUT2D eigenvalue weighted by molar-refractivity contribution is 0.0297. The predicted octanol–water partition coefficient (Wildman–Crippen LogP) is 1.64. The number of rotatable bonds is 3. The van der Waals surface area contributed by atoms with Gasteiger partial charge in [-0.25, -0.2) is 0 Å². The van der Waals surface area contributed by atoms with Gasteiger partial charge in [0.1, 0.15) is 0 Å². The zero-order valence-corrected chi connectivity index (χ0v) is 15.0. The summed E-state index contributed by atoms with van der Waals surface area (Å²) in [5.74, 6) is -0.285. The molecule has 140 valence electrons. The van der Waals surface area contributed by atoms with E-state index in [2.05, 4.69) is 5.10 Å². The van der Waals surface area contributed by atoms with E-state index in [1.54, 1.807) is 27.8 Å². The minimum atomic E-state index is -3.06. The summed E-state index contributed by atoms with van der Waals surface area (Å²) in [6.07, 6.45) is 0. The lowest BCUT2D eigenvalue weighted by Gasteiger charge is -2.38. The topological polar surface area (TPSA) is 108 Å². The molecule has 2 aromatic rings. The van der Waals surface area contributed by atoms with Gasteiger partial charge in [-0.05, 0) is 6.07 Å². The normalized spacial score (nSPS) is 19.6. The first-order chi connectivity index (χ1) is 12.5.